The molecule has 0 saturated heterocycles. The van der Waals surface area contributed by atoms with Crippen LogP contribution in [0.1, 0.15) is 23.0 Å². The topological polar surface area (TPSA) is 66.9 Å². The van der Waals surface area contributed by atoms with Gasteiger partial charge in [0.1, 0.15) is 5.82 Å². The summed E-state index contributed by atoms with van der Waals surface area (Å²) in [4.78, 5) is 11.5. The molecule has 21 heavy (non-hydrogen) atoms. The molecule has 1 amide bonds. The highest BCUT2D eigenvalue weighted by atomic mass is 35.5. The van der Waals surface area contributed by atoms with E-state index in [1.165, 1.54) is 5.56 Å². The predicted molar refractivity (Wildman–Crippen MR) is 83.7 cm³/mol. The lowest BCUT2D eigenvalue weighted by molar-refractivity contribution is 0.0950. The van der Waals surface area contributed by atoms with Crippen molar-refractivity contribution < 1.29 is 4.79 Å². The molecule has 0 saturated carbocycles. The van der Waals surface area contributed by atoms with E-state index in [0.717, 1.165) is 18.0 Å². The van der Waals surface area contributed by atoms with Gasteiger partial charge in [-0.25, -0.2) is 0 Å². The van der Waals surface area contributed by atoms with Gasteiger partial charge in [-0.1, -0.05) is 23.7 Å². The zero-order valence-corrected chi connectivity index (χ0v) is 12.5. The van der Waals surface area contributed by atoms with Gasteiger partial charge < -0.3 is 10.6 Å². The Kier molecular flexibility index (Phi) is 5.51. The molecule has 0 atom stereocenters. The van der Waals surface area contributed by atoms with Crippen LogP contribution in [0.5, 0.6) is 0 Å². The Hall–Kier alpha value is -2.14. The number of hydrogen-bond donors (Lipinski definition) is 2. The summed E-state index contributed by atoms with van der Waals surface area (Å²) >= 11 is 5.84. The van der Waals surface area contributed by atoms with Crippen molar-refractivity contribution in [3.63, 3.8) is 0 Å². The highest BCUT2D eigenvalue weighted by molar-refractivity contribution is 6.30. The monoisotopic (exact) mass is 304 g/mol. The van der Waals surface area contributed by atoms with Crippen LogP contribution >= 0.6 is 11.6 Å². The Bertz CT molecular complexity index is 584. The summed E-state index contributed by atoms with van der Waals surface area (Å²) in [5.74, 6) is 0.440. The number of carbonyl (C=O) groups excluding carboxylic acids is 1. The summed E-state index contributed by atoms with van der Waals surface area (Å²) < 4.78 is 0. The van der Waals surface area contributed by atoms with Gasteiger partial charge in [-0.3, -0.25) is 4.79 Å². The molecule has 2 N–H and O–H groups in total. The minimum absolute atomic E-state index is 0.210. The molecular formula is C15H17ClN4O. The highest BCUT2D eigenvalue weighted by Crippen LogP contribution is 2.10. The molecule has 1 heterocycles. The summed E-state index contributed by atoms with van der Waals surface area (Å²) in [7, 11) is 0. The average Bonchev–Trinajstić information content (AvgIpc) is 2.50. The Balaban J connectivity index is 1.83. The molecule has 0 aliphatic rings. The SMILES string of the molecule is CCNC(=O)c1ccc(NCCc2ccc(Cl)cc2)nn1. The first-order valence-corrected chi connectivity index (χ1v) is 7.17. The number of nitrogens with one attached hydrogen (secondary N) is 2. The number of amides is 1. The third kappa shape index (κ3) is 4.72. The van der Waals surface area contributed by atoms with E-state index < -0.39 is 0 Å². The van der Waals surface area contributed by atoms with E-state index in [2.05, 4.69) is 20.8 Å². The van der Waals surface area contributed by atoms with E-state index in [1.54, 1.807) is 12.1 Å². The lowest BCUT2D eigenvalue weighted by Gasteiger charge is -2.06. The molecule has 0 spiro atoms. The number of carbonyl (C=O) groups is 1. The normalized spacial score (nSPS) is 10.2. The van der Waals surface area contributed by atoms with Crippen LogP contribution in [0.2, 0.25) is 5.02 Å². The second kappa shape index (κ2) is 7.59. The molecule has 0 unspecified atom stereocenters. The van der Waals surface area contributed by atoms with Crippen molar-refractivity contribution in [2.24, 2.45) is 0 Å². The van der Waals surface area contributed by atoms with Crippen LogP contribution < -0.4 is 10.6 Å². The number of halogens is 1. The Morgan fingerprint density at radius 2 is 1.90 bits per heavy atom. The Morgan fingerprint density at radius 3 is 2.52 bits per heavy atom. The van der Waals surface area contributed by atoms with Crippen molar-refractivity contribution in [1.29, 1.82) is 0 Å². The molecule has 1 aromatic heterocycles. The van der Waals surface area contributed by atoms with E-state index in [0.29, 0.717) is 18.1 Å². The van der Waals surface area contributed by atoms with Gasteiger partial charge in [0.25, 0.3) is 5.91 Å². The number of benzene rings is 1. The van der Waals surface area contributed by atoms with Crippen LogP contribution in [0.3, 0.4) is 0 Å². The maximum atomic E-state index is 11.5. The van der Waals surface area contributed by atoms with Gasteiger partial charge in [0.15, 0.2) is 5.69 Å². The average molecular weight is 305 g/mol. The third-order valence-electron chi connectivity index (χ3n) is 2.87. The summed E-state index contributed by atoms with van der Waals surface area (Å²) in [6.07, 6.45) is 0.858. The fraction of sp³-hybridized carbons (Fsp3) is 0.267. The zero-order chi connectivity index (χ0) is 15.1. The van der Waals surface area contributed by atoms with Gasteiger partial charge in [-0.2, -0.15) is 0 Å². The van der Waals surface area contributed by atoms with E-state index in [4.69, 9.17) is 11.6 Å². The van der Waals surface area contributed by atoms with Crippen LogP contribution in [-0.4, -0.2) is 29.2 Å². The summed E-state index contributed by atoms with van der Waals surface area (Å²) in [5, 5.41) is 14.5. The van der Waals surface area contributed by atoms with Gasteiger partial charge in [0.2, 0.25) is 0 Å². The Morgan fingerprint density at radius 1 is 1.14 bits per heavy atom. The minimum atomic E-state index is -0.210. The number of aromatic nitrogens is 2. The molecule has 1 aromatic carbocycles. The summed E-state index contributed by atoms with van der Waals surface area (Å²) in [6, 6.07) is 11.1. The van der Waals surface area contributed by atoms with Crippen LogP contribution in [0.25, 0.3) is 0 Å². The number of rotatable bonds is 6. The van der Waals surface area contributed by atoms with Crippen LogP contribution in [0, 0.1) is 0 Å². The van der Waals surface area contributed by atoms with Gasteiger partial charge >= 0.3 is 0 Å². The van der Waals surface area contributed by atoms with E-state index in [-0.39, 0.29) is 5.91 Å². The van der Waals surface area contributed by atoms with Crippen LogP contribution in [0.4, 0.5) is 5.82 Å². The van der Waals surface area contributed by atoms with Crippen molar-refractivity contribution in [2.75, 3.05) is 18.4 Å². The lowest BCUT2D eigenvalue weighted by atomic mass is 10.1. The quantitative estimate of drug-likeness (QED) is 0.860. The standard InChI is InChI=1S/C15H17ClN4O/c1-2-17-15(21)13-7-8-14(20-19-13)18-10-9-11-3-5-12(16)6-4-11/h3-8H,2,9-10H2,1H3,(H,17,21)(H,18,20). The first kappa shape index (κ1) is 15.3. The fourth-order valence-corrected chi connectivity index (χ4v) is 1.91. The first-order valence-electron chi connectivity index (χ1n) is 6.79. The van der Waals surface area contributed by atoms with E-state index in [9.17, 15) is 4.79 Å². The first-order chi connectivity index (χ1) is 10.2. The second-order valence-corrected chi connectivity index (χ2v) is 4.90. The molecule has 0 radical (unpaired) electrons. The molecule has 110 valence electrons. The number of nitrogens with zero attached hydrogens (tertiary/aromatic N) is 2. The summed E-state index contributed by atoms with van der Waals surface area (Å²) in [5.41, 5.74) is 1.51. The molecule has 0 aliphatic carbocycles. The smallest absolute Gasteiger partial charge is 0.271 e. The molecule has 0 bridgehead atoms. The van der Waals surface area contributed by atoms with Crippen molar-refractivity contribution >= 4 is 23.3 Å². The number of anilines is 1. The minimum Gasteiger partial charge on any atom is -0.368 e. The highest BCUT2D eigenvalue weighted by Gasteiger charge is 2.06. The maximum absolute atomic E-state index is 11.5. The molecule has 5 nitrogen and oxygen atoms in total. The third-order valence-corrected chi connectivity index (χ3v) is 3.12. The molecular weight excluding hydrogens is 288 g/mol. The van der Waals surface area contributed by atoms with Crippen LogP contribution in [0.15, 0.2) is 36.4 Å². The van der Waals surface area contributed by atoms with Crippen LogP contribution in [-0.2, 0) is 6.42 Å². The number of hydrogen-bond acceptors (Lipinski definition) is 4. The van der Waals surface area contributed by atoms with Gasteiger partial charge in [-0.05, 0) is 43.2 Å². The van der Waals surface area contributed by atoms with Gasteiger partial charge in [0, 0.05) is 18.1 Å². The molecule has 6 heteroatoms. The fourth-order valence-electron chi connectivity index (χ4n) is 1.78. The van der Waals surface area contributed by atoms with Gasteiger partial charge in [-0.15, -0.1) is 10.2 Å². The van der Waals surface area contributed by atoms with Crippen molar-refractivity contribution in [1.82, 2.24) is 15.5 Å². The molecule has 2 rings (SSSR count). The maximum Gasteiger partial charge on any atom is 0.271 e. The lowest BCUT2D eigenvalue weighted by Crippen LogP contribution is -2.24. The predicted octanol–water partition coefficient (Wildman–Crippen LogP) is 2.53. The second-order valence-electron chi connectivity index (χ2n) is 4.47. The summed E-state index contributed by atoms with van der Waals surface area (Å²) in [6.45, 7) is 3.16. The molecule has 2 aromatic rings. The van der Waals surface area contributed by atoms with Crippen molar-refractivity contribution in [2.45, 2.75) is 13.3 Å². The molecule has 0 aliphatic heterocycles. The van der Waals surface area contributed by atoms with Crippen molar-refractivity contribution in [3.05, 3.63) is 52.7 Å². The zero-order valence-electron chi connectivity index (χ0n) is 11.8. The Labute approximate surface area is 128 Å². The largest absolute Gasteiger partial charge is 0.368 e. The van der Waals surface area contributed by atoms with Gasteiger partial charge in [0.05, 0.1) is 0 Å². The van der Waals surface area contributed by atoms with Crippen molar-refractivity contribution in [3.8, 4) is 0 Å². The van der Waals surface area contributed by atoms with E-state index >= 15 is 0 Å². The van der Waals surface area contributed by atoms with E-state index in [1.807, 2.05) is 31.2 Å². The molecule has 0 fully saturated rings.